The summed E-state index contributed by atoms with van der Waals surface area (Å²) in [7, 11) is 1.70. The van der Waals surface area contributed by atoms with Gasteiger partial charge in [-0.05, 0) is 48.7 Å². The van der Waals surface area contributed by atoms with Crippen molar-refractivity contribution < 1.29 is 9.53 Å². The van der Waals surface area contributed by atoms with Crippen LogP contribution in [0.5, 0.6) is 5.75 Å². The minimum absolute atomic E-state index is 0.205. The zero-order valence-corrected chi connectivity index (χ0v) is 13.7. The molecule has 0 N–H and O–H groups in total. The molecular weight excluding hydrogens is 310 g/mol. The van der Waals surface area contributed by atoms with Gasteiger partial charge in [-0.25, -0.2) is 0 Å². The molecule has 1 amide bonds. The van der Waals surface area contributed by atoms with E-state index < -0.39 is 0 Å². The van der Waals surface area contributed by atoms with Crippen LogP contribution >= 0.6 is 22.9 Å². The van der Waals surface area contributed by atoms with E-state index >= 15 is 0 Å². The first kappa shape index (κ1) is 15.7. The number of hydrogen-bond donors (Lipinski definition) is 0. The van der Waals surface area contributed by atoms with Crippen molar-refractivity contribution in [2.45, 2.75) is 13.8 Å². The maximum absolute atomic E-state index is 12.0. The molecule has 0 radical (unpaired) electrons. The van der Waals surface area contributed by atoms with Crippen LogP contribution in [-0.2, 0) is 0 Å². The van der Waals surface area contributed by atoms with Crippen LogP contribution in [-0.4, -0.2) is 41.2 Å². The number of nitrogens with zero attached hydrogens (tertiary/aromatic N) is 3. The quantitative estimate of drug-likeness (QED) is 0.848. The van der Waals surface area contributed by atoms with Crippen LogP contribution in [0.2, 0.25) is 4.47 Å². The lowest BCUT2D eigenvalue weighted by Gasteiger charge is -2.16. The summed E-state index contributed by atoms with van der Waals surface area (Å²) in [6.45, 7) is 4.92. The van der Waals surface area contributed by atoms with Crippen molar-refractivity contribution in [1.82, 2.24) is 15.1 Å². The fraction of sp³-hybridized carbons (Fsp3) is 0.357. The van der Waals surface area contributed by atoms with Gasteiger partial charge in [0.25, 0.3) is 5.91 Å². The van der Waals surface area contributed by atoms with Crippen molar-refractivity contribution >= 4 is 28.8 Å². The van der Waals surface area contributed by atoms with Crippen LogP contribution < -0.4 is 4.74 Å². The first-order valence-corrected chi connectivity index (χ1v) is 7.60. The highest BCUT2D eigenvalue weighted by molar-refractivity contribution is 7.17. The number of ether oxygens (including phenoxy) is 1. The number of carbonyl (C=O) groups excluding carboxylic acids is 1. The Morgan fingerprint density at radius 3 is 2.52 bits per heavy atom. The summed E-state index contributed by atoms with van der Waals surface area (Å²) in [6, 6.07) is 6.03. The van der Waals surface area contributed by atoms with E-state index in [4.69, 9.17) is 16.3 Å². The van der Waals surface area contributed by atoms with Gasteiger partial charge in [-0.15, -0.1) is 10.2 Å². The summed E-state index contributed by atoms with van der Waals surface area (Å²) in [5.41, 5.74) is 2.30. The van der Waals surface area contributed by atoms with Crippen LogP contribution in [0.25, 0.3) is 0 Å². The highest BCUT2D eigenvalue weighted by Gasteiger charge is 2.16. The summed E-state index contributed by atoms with van der Waals surface area (Å²) < 4.78 is 5.94. The van der Waals surface area contributed by atoms with E-state index in [1.54, 1.807) is 11.9 Å². The summed E-state index contributed by atoms with van der Waals surface area (Å²) in [5.74, 6) is 0.607. The SMILES string of the molecule is Cc1cc(C)cc(OCCN(C)C(=O)c2nnc(Cl)s2)c1. The predicted octanol–water partition coefficient (Wildman–Crippen LogP) is 2.96. The first-order valence-electron chi connectivity index (χ1n) is 6.41. The molecule has 1 heterocycles. The van der Waals surface area contributed by atoms with Gasteiger partial charge in [-0.3, -0.25) is 4.79 Å². The number of aryl methyl sites for hydroxylation is 2. The van der Waals surface area contributed by atoms with E-state index in [9.17, 15) is 4.79 Å². The standard InChI is InChI=1S/C14H16ClN3O2S/c1-9-6-10(2)8-11(7-9)20-5-4-18(3)13(19)12-16-17-14(15)21-12/h6-8H,4-5H2,1-3H3. The summed E-state index contributed by atoms with van der Waals surface area (Å²) in [4.78, 5) is 13.6. The number of benzene rings is 1. The molecule has 7 heteroatoms. The molecule has 112 valence electrons. The zero-order valence-electron chi connectivity index (χ0n) is 12.1. The Hall–Kier alpha value is -1.66. The van der Waals surface area contributed by atoms with Gasteiger partial charge in [0, 0.05) is 7.05 Å². The molecule has 2 rings (SSSR count). The van der Waals surface area contributed by atoms with Crippen LogP contribution in [0.1, 0.15) is 20.9 Å². The van der Waals surface area contributed by atoms with Crippen LogP contribution in [0.4, 0.5) is 0 Å². The fourth-order valence-corrected chi connectivity index (χ4v) is 2.70. The van der Waals surface area contributed by atoms with Crippen molar-refractivity contribution in [3.8, 4) is 5.75 Å². The van der Waals surface area contributed by atoms with Crippen molar-refractivity contribution in [2.24, 2.45) is 0 Å². The molecule has 0 aliphatic rings. The zero-order chi connectivity index (χ0) is 15.4. The Bertz CT molecular complexity index is 625. The van der Waals surface area contributed by atoms with Gasteiger partial charge in [-0.1, -0.05) is 17.4 Å². The largest absolute Gasteiger partial charge is 0.492 e. The minimum atomic E-state index is -0.205. The molecule has 2 aromatic rings. The number of rotatable bonds is 5. The molecule has 0 aliphatic carbocycles. The number of aromatic nitrogens is 2. The molecule has 5 nitrogen and oxygen atoms in total. The van der Waals surface area contributed by atoms with E-state index in [0.29, 0.717) is 13.2 Å². The monoisotopic (exact) mass is 325 g/mol. The van der Waals surface area contributed by atoms with Crippen LogP contribution in [0.3, 0.4) is 0 Å². The lowest BCUT2D eigenvalue weighted by atomic mass is 10.1. The molecule has 21 heavy (non-hydrogen) atoms. The summed E-state index contributed by atoms with van der Waals surface area (Å²) in [5, 5.41) is 7.64. The molecule has 1 aromatic carbocycles. The van der Waals surface area contributed by atoms with Gasteiger partial charge in [0.2, 0.25) is 9.47 Å². The molecule has 1 aromatic heterocycles. The fourth-order valence-electron chi connectivity index (χ4n) is 1.87. The molecular formula is C14H16ClN3O2S. The maximum atomic E-state index is 12.0. The summed E-state index contributed by atoms with van der Waals surface area (Å²) >= 11 is 6.74. The Kier molecular flexibility index (Phi) is 5.14. The molecule has 0 saturated carbocycles. The second kappa shape index (κ2) is 6.87. The van der Waals surface area contributed by atoms with E-state index in [1.807, 2.05) is 26.0 Å². The lowest BCUT2D eigenvalue weighted by molar-refractivity contribution is 0.0772. The summed E-state index contributed by atoms with van der Waals surface area (Å²) in [6.07, 6.45) is 0. The number of amides is 1. The molecule has 0 aliphatic heterocycles. The number of likely N-dealkylation sites (N-methyl/N-ethyl adjacent to an activating group) is 1. The van der Waals surface area contributed by atoms with Gasteiger partial charge >= 0.3 is 0 Å². The van der Waals surface area contributed by atoms with Gasteiger partial charge in [0.05, 0.1) is 6.54 Å². The Balaban J connectivity index is 1.86. The van der Waals surface area contributed by atoms with Gasteiger partial charge in [0.1, 0.15) is 12.4 Å². The average molecular weight is 326 g/mol. The molecule has 0 spiro atoms. The van der Waals surface area contributed by atoms with Gasteiger partial charge in [0.15, 0.2) is 0 Å². The molecule has 0 saturated heterocycles. The number of carbonyl (C=O) groups is 1. The van der Waals surface area contributed by atoms with Gasteiger partial charge < -0.3 is 9.64 Å². The predicted molar refractivity (Wildman–Crippen MR) is 83.3 cm³/mol. The van der Waals surface area contributed by atoms with Crippen molar-refractivity contribution in [2.75, 3.05) is 20.2 Å². The minimum Gasteiger partial charge on any atom is -0.492 e. The molecule has 0 unspecified atom stereocenters. The average Bonchev–Trinajstić information content (AvgIpc) is 2.83. The molecule has 0 fully saturated rings. The van der Waals surface area contributed by atoms with Crippen molar-refractivity contribution in [3.05, 3.63) is 38.8 Å². The van der Waals surface area contributed by atoms with E-state index in [2.05, 4.69) is 16.3 Å². The molecule has 0 atom stereocenters. The van der Waals surface area contributed by atoms with Gasteiger partial charge in [-0.2, -0.15) is 0 Å². The maximum Gasteiger partial charge on any atom is 0.284 e. The Labute approximate surface area is 132 Å². The third-order valence-electron chi connectivity index (χ3n) is 2.82. The van der Waals surface area contributed by atoms with Crippen LogP contribution in [0, 0.1) is 13.8 Å². The first-order chi connectivity index (χ1) is 9.95. The Morgan fingerprint density at radius 2 is 1.95 bits per heavy atom. The molecule has 0 bridgehead atoms. The smallest absolute Gasteiger partial charge is 0.284 e. The van der Waals surface area contributed by atoms with Crippen molar-refractivity contribution in [3.63, 3.8) is 0 Å². The van der Waals surface area contributed by atoms with E-state index in [0.717, 1.165) is 28.2 Å². The topological polar surface area (TPSA) is 55.3 Å². The van der Waals surface area contributed by atoms with E-state index in [1.165, 1.54) is 0 Å². The normalized spacial score (nSPS) is 10.5. The number of halogens is 1. The lowest BCUT2D eigenvalue weighted by Crippen LogP contribution is -2.30. The highest BCUT2D eigenvalue weighted by atomic mass is 35.5. The second-order valence-electron chi connectivity index (χ2n) is 4.76. The Morgan fingerprint density at radius 1 is 1.29 bits per heavy atom. The second-order valence-corrected chi connectivity index (χ2v) is 6.32. The number of hydrogen-bond acceptors (Lipinski definition) is 5. The highest BCUT2D eigenvalue weighted by Crippen LogP contribution is 2.17. The van der Waals surface area contributed by atoms with Crippen molar-refractivity contribution in [1.29, 1.82) is 0 Å². The van der Waals surface area contributed by atoms with E-state index in [-0.39, 0.29) is 15.4 Å². The third-order valence-corrected chi connectivity index (χ3v) is 3.83. The third kappa shape index (κ3) is 4.41. The van der Waals surface area contributed by atoms with Crippen LogP contribution in [0.15, 0.2) is 18.2 Å².